The summed E-state index contributed by atoms with van der Waals surface area (Å²) in [5.41, 5.74) is 2.33. The predicted octanol–water partition coefficient (Wildman–Crippen LogP) is 2.20. The Morgan fingerprint density at radius 3 is 2.93 bits per heavy atom. The number of hydrogen-bond acceptors (Lipinski definition) is 5. The Balaban J connectivity index is 1.36. The molecular formula is C22H28N6O. The van der Waals surface area contributed by atoms with Crippen molar-refractivity contribution in [1.29, 1.82) is 0 Å². The van der Waals surface area contributed by atoms with Crippen LogP contribution < -0.4 is 5.32 Å². The molecule has 152 valence electrons. The first kappa shape index (κ1) is 19.5. The van der Waals surface area contributed by atoms with Gasteiger partial charge in [-0.15, -0.1) is 10.2 Å². The third-order valence-corrected chi connectivity index (χ3v) is 5.44. The minimum Gasteiger partial charge on any atom is -0.355 e. The molecule has 7 nitrogen and oxygen atoms in total. The van der Waals surface area contributed by atoms with Crippen molar-refractivity contribution in [3.8, 4) is 0 Å². The molecule has 0 saturated carbocycles. The van der Waals surface area contributed by atoms with Crippen molar-refractivity contribution in [2.45, 2.75) is 39.8 Å². The lowest BCUT2D eigenvalue weighted by molar-refractivity contribution is -0.123. The quantitative estimate of drug-likeness (QED) is 0.696. The third kappa shape index (κ3) is 4.62. The van der Waals surface area contributed by atoms with Gasteiger partial charge in [-0.3, -0.25) is 14.7 Å². The van der Waals surface area contributed by atoms with Crippen LogP contribution in [0.1, 0.15) is 31.1 Å². The molecular weight excluding hydrogens is 364 g/mol. The number of nitrogens with one attached hydrogen (secondary N) is 1. The van der Waals surface area contributed by atoms with E-state index in [1.165, 1.54) is 10.9 Å². The smallest absolute Gasteiger partial charge is 0.222 e. The maximum absolute atomic E-state index is 11.7. The molecule has 0 fully saturated rings. The van der Waals surface area contributed by atoms with Crippen molar-refractivity contribution >= 4 is 16.8 Å². The van der Waals surface area contributed by atoms with Crippen LogP contribution in [0.15, 0.2) is 36.5 Å². The van der Waals surface area contributed by atoms with Crippen molar-refractivity contribution in [3.63, 3.8) is 0 Å². The maximum atomic E-state index is 11.7. The summed E-state index contributed by atoms with van der Waals surface area (Å²) in [4.78, 5) is 18.7. The van der Waals surface area contributed by atoms with Gasteiger partial charge in [-0.2, -0.15) is 0 Å². The third-order valence-electron chi connectivity index (χ3n) is 5.44. The molecule has 1 amide bonds. The Kier molecular flexibility index (Phi) is 5.85. The molecule has 0 bridgehead atoms. The SMILES string of the molecule is CC(C)C(=O)NCCc1nnc2n1CCN(Cc1ccc3cccnc3c1)CC2. The highest BCUT2D eigenvalue weighted by molar-refractivity contribution is 5.79. The molecule has 1 aliphatic heterocycles. The summed E-state index contributed by atoms with van der Waals surface area (Å²) in [6.45, 7) is 8.10. The van der Waals surface area contributed by atoms with E-state index in [2.05, 4.69) is 54.2 Å². The van der Waals surface area contributed by atoms with Crippen molar-refractivity contribution in [2.75, 3.05) is 19.6 Å². The Labute approximate surface area is 171 Å². The predicted molar refractivity (Wildman–Crippen MR) is 112 cm³/mol. The molecule has 1 aromatic carbocycles. The van der Waals surface area contributed by atoms with E-state index in [1.807, 2.05) is 26.1 Å². The molecule has 3 aromatic rings. The molecule has 0 atom stereocenters. The number of benzene rings is 1. The van der Waals surface area contributed by atoms with Crippen LogP contribution in [-0.2, 0) is 30.7 Å². The molecule has 0 spiro atoms. The first-order chi connectivity index (χ1) is 14.1. The van der Waals surface area contributed by atoms with Crippen LogP contribution >= 0.6 is 0 Å². The standard InChI is InChI=1S/C22H28N6O/c1-16(2)22(29)24-10-7-20-25-26-21-8-11-27(12-13-28(20)21)15-17-5-6-18-4-3-9-23-19(18)14-17/h3-6,9,14,16H,7-8,10-13,15H2,1-2H3,(H,24,29). The number of carbonyl (C=O) groups is 1. The highest BCUT2D eigenvalue weighted by atomic mass is 16.1. The van der Waals surface area contributed by atoms with Gasteiger partial charge < -0.3 is 9.88 Å². The second-order valence-electron chi connectivity index (χ2n) is 7.94. The Hall–Kier alpha value is -2.80. The highest BCUT2D eigenvalue weighted by Gasteiger charge is 2.19. The first-order valence-electron chi connectivity index (χ1n) is 10.3. The summed E-state index contributed by atoms with van der Waals surface area (Å²) in [7, 11) is 0. The van der Waals surface area contributed by atoms with Crippen molar-refractivity contribution in [3.05, 3.63) is 53.7 Å². The number of nitrogens with zero attached hydrogens (tertiary/aromatic N) is 5. The Bertz CT molecular complexity index is 996. The molecule has 29 heavy (non-hydrogen) atoms. The lowest BCUT2D eigenvalue weighted by Gasteiger charge is -2.20. The average Bonchev–Trinajstić information content (AvgIpc) is 3.00. The lowest BCUT2D eigenvalue weighted by atomic mass is 10.1. The second-order valence-corrected chi connectivity index (χ2v) is 7.94. The van der Waals surface area contributed by atoms with Crippen molar-refractivity contribution in [2.24, 2.45) is 5.92 Å². The van der Waals surface area contributed by atoms with Crippen LogP contribution in [0.5, 0.6) is 0 Å². The Morgan fingerprint density at radius 2 is 2.07 bits per heavy atom. The van der Waals surface area contributed by atoms with Gasteiger partial charge in [0.15, 0.2) is 0 Å². The fraction of sp³-hybridized carbons (Fsp3) is 0.455. The summed E-state index contributed by atoms with van der Waals surface area (Å²) in [6.07, 6.45) is 3.44. The molecule has 4 rings (SSSR count). The maximum Gasteiger partial charge on any atom is 0.222 e. The van der Waals surface area contributed by atoms with Crippen LogP contribution in [0.2, 0.25) is 0 Å². The van der Waals surface area contributed by atoms with Gasteiger partial charge in [0.2, 0.25) is 5.91 Å². The molecule has 3 heterocycles. The minimum absolute atomic E-state index is 0.00406. The molecule has 7 heteroatoms. The molecule has 2 aromatic heterocycles. The molecule has 1 aliphatic rings. The summed E-state index contributed by atoms with van der Waals surface area (Å²) >= 11 is 0. The zero-order valence-corrected chi connectivity index (χ0v) is 17.1. The van der Waals surface area contributed by atoms with Gasteiger partial charge in [0.1, 0.15) is 11.6 Å². The molecule has 0 saturated heterocycles. The van der Waals surface area contributed by atoms with Gasteiger partial charge in [-0.1, -0.05) is 32.0 Å². The van der Waals surface area contributed by atoms with Crippen LogP contribution in [-0.4, -0.2) is 50.2 Å². The number of fused-ring (bicyclic) bond motifs is 2. The van der Waals surface area contributed by atoms with Gasteiger partial charge >= 0.3 is 0 Å². The number of hydrogen-bond donors (Lipinski definition) is 1. The summed E-state index contributed by atoms with van der Waals surface area (Å²) in [6, 6.07) is 10.6. The Morgan fingerprint density at radius 1 is 1.17 bits per heavy atom. The number of rotatable bonds is 6. The van der Waals surface area contributed by atoms with E-state index in [1.54, 1.807) is 0 Å². The van der Waals surface area contributed by atoms with E-state index < -0.39 is 0 Å². The zero-order valence-electron chi connectivity index (χ0n) is 17.1. The van der Waals surface area contributed by atoms with Gasteiger partial charge in [-0.05, 0) is 17.7 Å². The van der Waals surface area contributed by atoms with Crippen molar-refractivity contribution in [1.82, 2.24) is 30.0 Å². The van der Waals surface area contributed by atoms with E-state index >= 15 is 0 Å². The molecule has 0 aliphatic carbocycles. The van der Waals surface area contributed by atoms with Crippen LogP contribution in [0, 0.1) is 5.92 Å². The topological polar surface area (TPSA) is 75.9 Å². The fourth-order valence-corrected chi connectivity index (χ4v) is 3.74. The highest BCUT2D eigenvalue weighted by Crippen LogP contribution is 2.17. The van der Waals surface area contributed by atoms with Crippen molar-refractivity contribution < 1.29 is 4.79 Å². The summed E-state index contributed by atoms with van der Waals surface area (Å²) in [5, 5.41) is 12.9. The first-order valence-corrected chi connectivity index (χ1v) is 10.3. The van der Waals surface area contributed by atoms with E-state index in [4.69, 9.17) is 0 Å². The monoisotopic (exact) mass is 392 g/mol. The normalized spacial score (nSPS) is 14.7. The lowest BCUT2D eigenvalue weighted by Crippen LogP contribution is -2.30. The van der Waals surface area contributed by atoms with Gasteiger partial charge in [-0.25, -0.2) is 0 Å². The van der Waals surface area contributed by atoms with Gasteiger partial charge in [0.05, 0.1) is 5.52 Å². The van der Waals surface area contributed by atoms with Crippen LogP contribution in [0.25, 0.3) is 10.9 Å². The number of carbonyl (C=O) groups excluding carboxylic acids is 1. The van der Waals surface area contributed by atoms with E-state index in [9.17, 15) is 4.79 Å². The molecule has 1 N–H and O–H groups in total. The zero-order chi connectivity index (χ0) is 20.2. The van der Waals surface area contributed by atoms with Crippen LogP contribution in [0.4, 0.5) is 0 Å². The number of pyridine rings is 1. The average molecular weight is 393 g/mol. The van der Waals surface area contributed by atoms with Gasteiger partial charge in [0, 0.05) is 63.1 Å². The van der Waals surface area contributed by atoms with E-state index in [-0.39, 0.29) is 11.8 Å². The van der Waals surface area contributed by atoms with Crippen LogP contribution in [0.3, 0.4) is 0 Å². The van der Waals surface area contributed by atoms with Gasteiger partial charge in [0.25, 0.3) is 0 Å². The molecule has 0 radical (unpaired) electrons. The largest absolute Gasteiger partial charge is 0.355 e. The summed E-state index contributed by atoms with van der Waals surface area (Å²) < 4.78 is 2.23. The number of aromatic nitrogens is 4. The fourth-order valence-electron chi connectivity index (χ4n) is 3.74. The minimum atomic E-state index is 0.00406. The molecule has 0 unspecified atom stereocenters. The second kappa shape index (κ2) is 8.69. The van der Waals surface area contributed by atoms with E-state index in [0.29, 0.717) is 13.0 Å². The number of amides is 1. The summed E-state index contributed by atoms with van der Waals surface area (Å²) in [5.74, 6) is 2.08. The van der Waals surface area contributed by atoms with E-state index in [0.717, 1.165) is 49.8 Å².